The second kappa shape index (κ2) is 7.58. The standard InChI is InChI=1S/C22H21N3O2/c26-21(14-15-9-10-16-5-1-2-7-18(16)13-15)24-25-22(27)20-12-11-17-6-3-4-8-19(17)23-20/h3-4,6,8-13H,1-2,5,7,14H2,(H,24,26)(H,25,27). The first-order chi connectivity index (χ1) is 13.2. The Hall–Kier alpha value is -3.21. The van der Waals surface area contributed by atoms with Crippen molar-refractivity contribution in [3.05, 3.63) is 77.0 Å². The first-order valence-corrected chi connectivity index (χ1v) is 9.25. The third-order valence-corrected chi connectivity index (χ3v) is 4.92. The lowest BCUT2D eigenvalue weighted by molar-refractivity contribution is -0.121. The molecule has 0 atom stereocenters. The van der Waals surface area contributed by atoms with Crippen LogP contribution in [0.2, 0.25) is 0 Å². The van der Waals surface area contributed by atoms with Crippen molar-refractivity contribution in [2.45, 2.75) is 32.1 Å². The molecule has 2 amide bonds. The summed E-state index contributed by atoms with van der Waals surface area (Å²) < 4.78 is 0. The van der Waals surface area contributed by atoms with Crippen LogP contribution in [0.5, 0.6) is 0 Å². The largest absolute Gasteiger partial charge is 0.288 e. The van der Waals surface area contributed by atoms with Crippen LogP contribution in [0.1, 0.15) is 40.0 Å². The maximum atomic E-state index is 12.2. The monoisotopic (exact) mass is 359 g/mol. The van der Waals surface area contributed by atoms with E-state index in [1.165, 1.54) is 24.0 Å². The van der Waals surface area contributed by atoms with E-state index < -0.39 is 5.91 Å². The molecule has 2 aromatic carbocycles. The fourth-order valence-corrected chi connectivity index (χ4v) is 3.51. The average molecular weight is 359 g/mol. The van der Waals surface area contributed by atoms with E-state index in [0.717, 1.165) is 29.3 Å². The van der Waals surface area contributed by atoms with Crippen molar-refractivity contribution in [1.29, 1.82) is 0 Å². The fourth-order valence-electron chi connectivity index (χ4n) is 3.51. The van der Waals surface area contributed by atoms with E-state index in [0.29, 0.717) is 0 Å². The molecule has 5 nitrogen and oxygen atoms in total. The second-order valence-electron chi connectivity index (χ2n) is 6.88. The van der Waals surface area contributed by atoms with Crippen LogP contribution < -0.4 is 10.9 Å². The Balaban J connectivity index is 1.36. The van der Waals surface area contributed by atoms with E-state index in [-0.39, 0.29) is 18.0 Å². The highest BCUT2D eigenvalue weighted by atomic mass is 16.2. The number of carbonyl (C=O) groups is 2. The number of aryl methyl sites for hydroxylation is 2. The van der Waals surface area contributed by atoms with E-state index in [2.05, 4.69) is 28.0 Å². The van der Waals surface area contributed by atoms with Gasteiger partial charge in [0.2, 0.25) is 5.91 Å². The van der Waals surface area contributed by atoms with Crippen LogP contribution in [0, 0.1) is 0 Å². The molecular weight excluding hydrogens is 338 g/mol. The van der Waals surface area contributed by atoms with Gasteiger partial charge in [-0.15, -0.1) is 0 Å². The molecule has 1 aromatic heterocycles. The van der Waals surface area contributed by atoms with Crippen LogP contribution in [-0.2, 0) is 24.1 Å². The first kappa shape index (κ1) is 17.2. The third kappa shape index (κ3) is 3.97. The van der Waals surface area contributed by atoms with Crippen LogP contribution in [0.25, 0.3) is 10.9 Å². The summed E-state index contributed by atoms with van der Waals surface area (Å²) in [6.45, 7) is 0. The fraction of sp³-hybridized carbons (Fsp3) is 0.227. The molecule has 27 heavy (non-hydrogen) atoms. The second-order valence-corrected chi connectivity index (χ2v) is 6.88. The molecule has 5 heteroatoms. The van der Waals surface area contributed by atoms with Gasteiger partial charge in [0.1, 0.15) is 5.69 Å². The van der Waals surface area contributed by atoms with Gasteiger partial charge in [-0.3, -0.25) is 20.4 Å². The van der Waals surface area contributed by atoms with Crippen LogP contribution in [-0.4, -0.2) is 16.8 Å². The molecule has 136 valence electrons. The Kier molecular flexibility index (Phi) is 4.83. The Morgan fingerprint density at radius 2 is 1.70 bits per heavy atom. The maximum absolute atomic E-state index is 12.2. The lowest BCUT2D eigenvalue weighted by Crippen LogP contribution is -2.42. The van der Waals surface area contributed by atoms with Gasteiger partial charge in [0, 0.05) is 5.39 Å². The number of benzene rings is 2. The number of nitrogens with one attached hydrogen (secondary N) is 2. The minimum Gasteiger partial charge on any atom is -0.273 e. The summed E-state index contributed by atoms with van der Waals surface area (Å²) in [5.41, 5.74) is 9.63. The number of carbonyl (C=O) groups excluding carboxylic acids is 2. The first-order valence-electron chi connectivity index (χ1n) is 9.25. The summed E-state index contributed by atoms with van der Waals surface area (Å²) in [4.78, 5) is 28.8. The van der Waals surface area contributed by atoms with Gasteiger partial charge < -0.3 is 0 Å². The van der Waals surface area contributed by atoms with Crippen molar-refractivity contribution in [2.75, 3.05) is 0 Å². The van der Waals surface area contributed by atoms with Gasteiger partial charge in [-0.1, -0.05) is 42.5 Å². The summed E-state index contributed by atoms with van der Waals surface area (Å²) in [5, 5.41) is 0.963. The molecule has 0 bridgehead atoms. The van der Waals surface area contributed by atoms with E-state index in [4.69, 9.17) is 0 Å². The third-order valence-electron chi connectivity index (χ3n) is 4.92. The predicted octanol–water partition coefficient (Wildman–Crippen LogP) is 3.12. The summed E-state index contributed by atoms with van der Waals surface area (Å²) in [5.74, 6) is -0.681. The highest BCUT2D eigenvalue weighted by molar-refractivity contribution is 5.96. The Labute approximate surface area is 157 Å². The molecule has 3 aromatic rings. The molecule has 0 saturated carbocycles. The number of para-hydroxylation sites is 1. The van der Waals surface area contributed by atoms with Crippen LogP contribution in [0.3, 0.4) is 0 Å². The van der Waals surface area contributed by atoms with Crippen molar-refractivity contribution in [2.24, 2.45) is 0 Å². The summed E-state index contributed by atoms with van der Waals surface area (Å²) in [6, 6.07) is 17.3. The number of fused-ring (bicyclic) bond motifs is 2. The molecule has 0 fully saturated rings. The van der Waals surface area contributed by atoms with Crippen LogP contribution >= 0.6 is 0 Å². The molecule has 0 aliphatic heterocycles. The van der Waals surface area contributed by atoms with Gasteiger partial charge >= 0.3 is 0 Å². The smallest absolute Gasteiger partial charge is 0.273 e. The summed E-state index contributed by atoms with van der Waals surface area (Å²) in [6.07, 6.45) is 4.88. The van der Waals surface area contributed by atoms with E-state index in [9.17, 15) is 9.59 Å². The molecular formula is C22H21N3O2. The Morgan fingerprint density at radius 3 is 2.59 bits per heavy atom. The Morgan fingerprint density at radius 1 is 0.889 bits per heavy atom. The quantitative estimate of drug-likeness (QED) is 0.706. The molecule has 0 radical (unpaired) electrons. The molecule has 0 saturated heterocycles. The predicted molar refractivity (Wildman–Crippen MR) is 104 cm³/mol. The van der Waals surface area contributed by atoms with Crippen molar-refractivity contribution in [1.82, 2.24) is 15.8 Å². The van der Waals surface area contributed by atoms with Gasteiger partial charge in [0.15, 0.2) is 0 Å². The minimum absolute atomic E-state index is 0.235. The lowest BCUT2D eigenvalue weighted by atomic mass is 9.90. The van der Waals surface area contributed by atoms with Crippen molar-refractivity contribution in [3.8, 4) is 0 Å². The van der Waals surface area contributed by atoms with Crippen LogP contribution in [0.4, 0.5) is 0 Å². The number of hydrogen-bond donors (Lipinski definition) is 2. The molecule has 0 spiro atoms. The van der Waals surface area contributed by atoms with E-state index in [1.807, 2.05) is 36.4 Å². The molecule has 0 unspecified atom stereocenters. The van der Waals surface area contributed by atoms with Gasteiger partial charge in [-0.05, 0) is 54.5 Å². The van der Waals surface area contributed by atoms with Crippen molar-refractivity contribution < 1.29 is 9.59 Å². The SMILES string of the molecule is O=C(Cc1ccc2c(c1)CCCC2)NNC(=O)c1ccc2ccccc2n1. The maximum Gasteiger partial charge on any atom is 0.288 e. The summed E-state index contributed by atoms with van der Waals surface area (Å²) >= 11 is 0. The topological polar surface area (TPSA) is 71.1 Å². The molecule has 1 aliphatic rings. The number of rotatable bonds is 3. The van der Waals surface area contributed by atoms with Crippen molar-refractivity contribution >= 4 is 22.7 Å². The zero-order valence-corrected chi connectivity index (χ0v) is 15.0. The number of amides is 2. The zero-order valence-electron chi connectivity index (χ0n) is 15.0. The molecule has 2 N–H and O–H groups in total. The van der Waals surface area contributed by atoms with E-state index in [1.54, 1.807) is 6.07 Å². The van der Waals surface area contributed by atoms with Crippen molar-refractivity contribution in [3.63, 3.8) is 0 Å². The van der Waals surface area contributed by atoms with Gasteiger partial charge in [0.25, 0.3) is 5.91 Å². The lowest BCUT2D eigenvalue weighted by Gasteiger charge is -2.16. The van der Waals surface area contributed by atoms with Crippen LogP contribution in [0.15, 0.2) is 54.6 Å². The number of hydrogen-bond acceptors (Lipinski definition) is 3. The normalized spacial score (nSPS) is 13.0. The van der Waals surface area contributed by atoms with Gasteiger partial charge in [0.05, 0.1) is 11.9 Å². The number of nitrogens with zero attached hydrogens (tertiary/aromatic N) is 1. The highest BCUT2D eigenvalue weighted by Gasteiger charge is 2.13. The molecule has 1 aliphatic carbocycles. The number of pyridine rings is 1. The van der Waals surface area contributed by atoms with E-state index >= 15 is 0 Å². The van der Waals surface area contributed by atoms with Gasteiger partial charge in [-0.25, -0.2) is 4.98 Å². The van der Waals surface area contributed by atoms with Gasteiger partial charge in [-0.2, -0.15) is 0 Å². The number of hydrazine groups is 1. The number of aromatic nitrogens is 1. The zero-order chi connectivity index (χ0) is 18.6. The highest BCUT2D eigenvalue weighted by Crippen LogP contribution is 2.22. The molecule has 4 rings (SSSR count). The average Bonchev–Trinajstić information content (AvgIpc) is 2.71. The summed E-state index contributed by atoms with van der Waals surface area (Å²) in [7, 11) is 0. The Bertz CT molecular complexity index is 1010. The molecule has 1 heterocycles. The minimum atomic E-state index is -0.431.